The minimum atomic E-state index is 0.304. The van der Waals surface area contributed by atoms with Crippen LogP contribution in [0.1, 0.15) is 38.0 Å². The number of hydrogen-bond acceptors (Lipinski definition) is 2. The second kappa shape index (κ2) is 4.56. The summed E-state index contributed by atoms with van der Waals surface area (Å²) in [6.45, 7) is 5.81. The average Bonchev–Trinajstić information content (AvgIpc) is 2.86. The number of rotatable bonds is 5. The van der Waals surface area contributed by atoms with E-state index in [0.29, 0.717) is 5.41 Å². The standard InChI is InChI=1S/C12H18BrNS/c1-12(2,7-8-14-9-3-4-9)10-5-6-11(13)15-10/h5-6,9,14H,3-4,7-8H2,1-2H3. The fourth-order valence-electron chi connectivity index (χ4n) is 1.68. The maximum absolute atomic E-state index is 3.58. The number of hydrogen-bond donors (Lipinski definition) is 1. The largest absolute Gasteiger partial charge is 0.314 e. The molecule has 1 aliphatic rings. The molecule has 1 aromatic heterocycles. The third kappa shape index (κ3) is 3.30. The van der Waals surface area contributed by atoms with Gasteiger partial charge in [0.25, 0.3) is 0 Å². The van der Waals surface area contributed by atoms with E-state index in [2.05, 4.69) is 47.2 Å². The Bertz CT molecular complexity index is 328. The van der Waals surface area contributed by atoms with Gasteiger partial charge in [0.1, 0.15) is 0 Å². The molecule has 0 spiro atoms. The van der Waals surface area contributed by atoms with Crippen LogP contribution in [0.3, 0.4) is 0 Å². The van der Waals surface area contributed by atoms with Crippen LogP contribution in [0.5, 0.6) is 0 Å². The average molecular weight is 288 g/mol. The number of nitrogens with one attached hydrogen (secondary N) is 1. The highest BCUT2D eigenvalue weighted by Gasteiger charge is 2.24. The van der Waals surface area contributed by atoms with Crippen LogP contribution in [-0.4, -0.2) is 12.6 Å². The van der Waals surface area contributed by atoms with Crippen molar-refractivity contribution in [1.82, 2.24) is 5.32 Å². The molecule has 84 valence electrons. The fraction of sp³-hybridized carbons (Fsp3) is 0.667. The highest BCUT2D eigenvalue weighted by atomic mass is 79.9. The van der Waals surface area contributed by atoms with Crippen LogP contribution in [-0.2, 0) is 5.41 Å². The van der Waals surface area contributed by atoms with Crippen molar-refractivity contribution in [1.29, 1.82) is 0 Å². The molecule has 1 heterocycles. The van der Waals surface area contributed by atoms with Crippen molar-refractivity contribution in [2.24, 2.45) is 0 Å². The monoisotopic (exact) mass is 287 g/mol. The zero-order valence-electron chi connectivity index (χ0n) is 9.35. The molecule has 3 heteroatoms. The first-order chi connectivity index (χ1) is 7.08. The van der Waals surface area contributed by atoms with Crippen LogP contribution in [0.2, 0.25) is 0 Å². The molecule has 15 heavy (non-hydrogen) atoms. The van der Waals surface area contributed by atoms with E-state index in [1.807, 2.05) is 11.3 Å². The molecule has 1 fully saturated rings. The summed E-state index contributed by atoms with van der Waals surface area (Å²) in [5.74, 6) is 0. The van der Waals surface area contributed by atoms with Crippen LogP contribution in [0.4, 0.5) is 0 Å². The van der Waals surface area contributed by atoms with Crippen LogP contribution >= 0.6 is 27.3 Å². The predicted molar refractivity (Wildman–Crippen MR) is 70.7 cm³/mol. The molecule has 0 unspecified atom stereocenters. The number of thiophene rings is 1. The van der Waals surface area contributed by atoms with E-state index >= 15 is 0 Å². The summed E-state index contributed by atoms with van der Waals surface area (Å²) in [5, 5.41) is 3.58. The van der Waals surface area contributed by atoms with Crippen molar-refractivity contribution in [2.75, 3.05) is 6.54 Å². The number of halogens is 1. The zero-order valence-corrected chi connectivity index (χ0v) is 11.7. The summed E-state index contributed by atoms with van der Waals surface area (Å²) in [6, 6.07) is 5.22. The molecular weight excluding hydrogens is 270 g/mol. The lowest BCUT2D eigenvalue weighted by Gasteiger charge is -2.23. The molecule has 0 bridgehead atoms. The molecular formula is C12H18BrNS. The van der Waals surface area contributed by atoms with Crippen molar-refractivity contribution in [2.45, 2.75) is 44.6 Å². The van der Waals surface area contributed by atoms with Crippen molar-refractivity contribution in [3.05, 3.63) is 20.8 Å². The highest BCUT2D eigenvalue weighted by molar-refractivity contribution is 9.11. The SMILES string of the molecule is CC(C)(CCNC1CC1)c1ccc(Br)s1. The Morgan fingerprint density at radius 3 is 2.73 bits per heavy atom. The van der Waals surface area contributed by atoms with Gasteiger partial charge in [-0.25, -0.2) is 0 Å². The minimum Gasteiger partial charge on any atom is -0.314 e. The summed E-state index contributed by atoms with van der Waals surface area (Å²) in [6.07, 6.45) is 3.98. The lowest BCUT2D eigenvalue weighted by atomic mass is 9.87. The normalized spacial score (nSPS) is 17.0. The van der Waals surface area contributed by atoms with Gasteiger partial charge in [-0.15, -0.1) is 11.3 Å². The Hall–Kier alpha value is 0.140. The molecule has 1 aromatic rings. The predicted octanol–water partition coefficient (Wildman–Crippen LogP) is 3.93. The molecule has 0 radical (unpaired) electrons. The van der Waals surface area contributed by atoms with Gasteiger partial charge in [-0.3, -0.25) is 0 Å². The van der Waals surface area contributed by atoms with Crippen molar-refractivity contribution in [3.63, 3.8) is 0 Å². The lowest BCUT2D eigenvalue weighted by molar-refractivity contribution is 0.464. The van der Waals surface area contributed by atoms with Crippen LogP contribution in [0.15, 0.2) is 15.9 Å². The van der Waals surface area contributed by atoms with Crippen molar-refractivity contribution < 1.29 is 0 Å². The molecule has 1 nitrogen and oxygen atoms in total. The smallest absolute Gasteiger partial charge is 0.0701 e. The molecule has 1 aliphatic carbocycles. The lowest BCUT2D eigenvalue weighted by Crippen LogP contribution is -2.25. The van der Waals surface area contributed by atoms with E-state index in [-0.39, 0.29) is 0 Å². The topological polar surface area (TPSA) is 12.0 Å². The molecule has 0 saturated heterocycles. The van der Waals surface area contributed by atoms with Gasteiger partial charge in [0, 0.05) is 16.3 Å². The van der Waals surface area contributed by atoms with Gasteiger partial charge >= 0.3 is 0 Å². The third-order valence-corrected chi connectivity index (χ3v) is 4.99. The second-order valence-electron chi connectivity index (χ2n) is 4.97. The van der Waals surface area contributed by atoms with Crippen molar-refractivity contribution >= 4 is 27.3 Å². The zero-order chi connectivity index (χ0) is 10.9. The first-order valence-corrected chi connectivity index (χ1v) is 7.18. The molecule has 2 rings (SSSR count). The van der Waals surface area contributed by atoms with Gasteiger partial charge < -0.3 is 5.32 Å². The Morgan fingerprint density at radius 2 is 2.20 bits per heavy atom. The summed E-state index contributed by atoms with van der Waals surface area (Å²) >= 11 is 5.39. The van der Waals surface area contributed by atoms with E-state index in [1.54, 1.807) is 0 Å². The first kappa shape index (κ1) is 11.6. The Kier molecular flexibility index (Phi) is 3.53. The molecule has 1 saturated carbocycles. The fourth-order valence-corrected chi connectivity index (χ4v) is 3.19. The molecule has 0 aromatic carbocycles. The summed E-state index contributed by atoms with van der Waals surface area (Å²) < 4.78 is 1.24. The van der Waals surface area contributed by atoms with Gasteiger partial charge in [0.15, 0.2) is 0 Å². The Balaban J connectivity index is 1.86. The summed E-state index contributed by atoms with van der Waals surface area (Å²) in [5.41, 5.74) is 0.304. The van der Waals surface area contributed by atoms with Gasteiger partial charge in [-0.05, 0) is 53.9 Å². The van der Waals surface area contributed by atoms with Crippen LogP contribution in [0, 0.1) is 0 Å². The van der Waals surface area contributed by atoms with E-state index in [1.165, 1.54) is 27.9 Å². The van der Waals surface area contributed by atoms with Crippen LogP contribution < -0.4 is 5.32 Å². The van der Waals surface area contributed by atoms with E-state index in [9.17, 15) is 0 Å². The van der Waals surface area contributed by atoms with Gasteiger partial charge in [-0.1, -0.05) is 13.8 Å². The van der Waals surface area contributed by atoms with Crippen LogP contribution in [0.25, 0.3) is 0 Å². The Morgan fingerprint density at radius 1 is 1.47 bits per heavy atom. The summed E-state index contributed by atoms with van der Waals surface area (Å²) in [4.78, 5) is 1.48. The molecule has 1 N–H and O–H groups in total. The van der Waals surface area contributed by atoms with Gasteiger partial charge in [0.2, 0.25) is 0 Å². The third-order valence-electron chi connectivity index (χ3n) is 3.00. The quantitative estimate of drug-likeness (QED) is 0.865. The first-order valence-electron chi connectivity index (χ1n) is 5.57. The Labute approximate surface area is 104 Å². The van der Waals surface area contributed by atoms with E-state index in [4.69, 9.17) is 0 Å². The molecule has 0 atom stereocenters. The maximum Gasteiger partial charge on any atom is 0.0701 e. The second-order valence-corrected chi connectivity index (χ2v) is 7.43. The minimum absolute atomic E-state index is 0.304. The van der Waals surface area contributed by atoms with Gasteiger partial charge in [0.05, 0.1) is 3.79 Å². The van der Waals surface area contributed by atoms with Crippen molar-refractivity contribution in [3.8, 4) is 0 Å². The van der Waals surface area contributed by atoms with E-state index in [0.717, 1.165) is 12.6 Å². The van der Waals surface area contributed by atoms with E-state index < -0.39 is 0 Å². The summed E-state index contributed by atoms with van der Waals surface area (Å²) in [7, 11) is 0. The van der Waals surface area contributed by atoms with Gasteiger partial charge in [-0.2, -0.15) is 0 Å². The molecule has 0 aliphatic heterocycles. The molecule has 0 amide bonds. The highest BCUT2D eigenvalue weighted by Crippen LogP contribution is 2.34. The maximum atomic E-state index is 3.58.